The second kappa shape index (κ2) is 7.10. The Hall–Kier alpha value is -1.81. The van der Waals surface area contributed by atoms with Gasteiger partial charge >= 0.3 is 0 Å². The quantitative estimate of drug-likeness (QED) is 0.892. The van der Waals surface area contributed by atoms with Crippen LogP contribution in [-0.4, -0.2) is 37.6 Å². The molecule has 20 heavy (non-hydrogen) atoms. The van der Waals surface area contributed by atoms with E-state index in [1.807, 2.05) is 24.3 Å². The molecule has 1 aliphatic rings. The van der Waals surface area contributed by atoms with Gasteiger partial charge in [0.25, 0.3) is 0 Å². The molecule has 108 valence electrons. The fourth-order valence-electron chi connectivity index (χ4n) is 2.59. The predicted octanol–water partition coefficient (Wildman–Crippen LogP) is 1.91. The minimum absolute atomic E-state index is 0.00316. The average molecular weight is 274 g/mol. The number of nitrogens with zero attached hydrogens (tertiary/aromatic N) is 1. The van der Waals surface area contributed by atoms with E-state index in [0.29, 0.717) is 0 Å². The first-order valence-electron chi connectivity index (χ1n) is 7.02. The number of hydrogen-bond donors (Lipinski definition) is 1. The Bertz CT molecular complexity index is 485. The molecule has 0 bridgehead atoms. The largest absolute Gasteiger partial charge is 0.496 e. The van der Waals surface area contributed by atoms with Crippen LogP contribution in [0.2, 0.25) is 0 Å². The third-order valence-electron chi connectivity index (χ3n) is 3.71. The summed E-state index contributed by atoms with van der Waals surface area (Å²) in [5, 5.41) is 0. The molecule has 0 aromatic heterocycles. The molecule has 4 nitrogen and oxygen atoms in total. The highest BCUT2D eigenvalue weighted by atomic mass is 16.5. The fourth-order valence-corrected chi connectivity index (χ4v) is 2.59. The Morgan fingerprint density at radius 2 is 2.30 bits per heavy atom. The Morgan fingerprint density at radius 1 is 1.50 bits per heavy atom. The first-order valence-corrected chi connectivity index (χ1v) is 7.02. The van der Waals surface area contributed by atoms with Crippen LogP contribution in [-0.2, 0) is 4.79 Å². The molecular formula is C16H22N2O2. The molecule has 1 saturated heterocycles. The standard InChI is InChI=1S/C16H22N2O2/c1-20-15-9-3-2-6-13(15)7-4-10-18-11-5-8-14(12-18)16(17)19/h2-4,6-7,9,14H,5,8,10-12H2,1H3,(H2,17,19)/b7-4+/t14-/m1/s1. The van der Waals surface area contributed by atoms with Gasteiger partial charge < -0.3 is 10.5 Å². The number of amides is 1. The molecule has 2 N–H and O–H groups in total. The molecule has 1 heterocycles. The van der Waals surface area contributed by atoms with Crippen LogP contribution in [0.5, 0.6) is 5.75 Å². The van der Waals surface area contributed by atoms with Gasteiger partial charge in [-0.15, -0.1) is 0 Å². The van der Waals surface area contributed by atoms with Crippen LogP contribution in [0.4, 0.5) is 0 Å². The summed E-state index contributed by atoms with van der Waals surface area (Å²) in [6.07, 6.45) is 6.13. The van der Waals surface area contributed by atoms with Crippen LogP contribution in [0, 0.1) is 5.92 Å². The highest BCUT2D eigenvalue weighted by Gasteiger charge is 2.22. The maximum Gasteiger partial charge on any atom is 0.221 e. The van der Waals surface area contributed by atoms with Crippen LogP contribution in [0.15, 0.2) is 30.3 Å². The predicted molar refractivity (Wildman–Crippen MR) is 80.4 cm³/mol. The van der Waals surface area contributed by atoms with Gasteiger partial charge in [0.15, 0.2) is 0 Å². The van der Waals surface area contributed by atoms with Crippen LogP contribution in [0.3, 0.4) is 0 Å². The molecule has 0 spiro atoms. The Labute approximate surface area is 120 Å². The van der Waals surface area contributed by atoms with Crippen molar-refractivity contribution in [2.24, 2.45) is 11.7 Å². The molecule has 0 unspecified atom stereocenters. The van der Waals surface area contributed by atoms with Crippen LogP contribution < -0.4 is 10.5 Å². The van der Waals surface area contributed by atoms with Crippen LogP contribution >= 0.6 is 0 Å². The number of benzene rings is 1. The monoisotopic (exact) mass is 274 g/mol. The first-order chi connectivity index (χ1) is 9.70. The number of methoxy groups -OCH3 is 1. The maximum absolute atomic E-state index is 11.2. The molecule has 1 atom stereocenters. The Morgan fingerprint density at radius 3 is 3.05 bits per heavy atom. The lowest BCUT2D eigenvalue weighted by Gasteiger charge is -2.30. The van der Waals surface area contributed by atoms with Gasteiger partial charge in [-0.1, -0.05) is 30.4 Å². The molecule has 1 aromatic carbocycles. The molecule has 1 fully saturated rings. The minimum atomic E-state index is -0.177. The summed E-state index contributed by atoms with van der Waals surface area (Å²) >= 11 is 0. The molecule has 0 saturated carbocycles. The number of carbonyl (C=O) groups excluding carboxylic acids is 1. The van der Waals surface area contributed by atoms with Gasteiger partial charge in [-0.3, -0.25) is 9.69 Å². The second-order valence-electron chi connectivity index (χ2n) is 5.15. The van der Waals surface area contributed by atoms with Gasteiger partial charge in [0.1, 0.15) is 5.75 Å². The fraction of sp³-hybridized carbons (Fsp3) is 0.438. The van der Waals surface area contributed by atoms with E-state index in [2.05, 4.69) is 17.1 Å². The molecule has 1 aromatic rings. The van der Waals surface area contributed by atoms with Crippen molar-refractivity contribution in [2.75, 3.05) is 26.7 Å². The van der Waals surface area contributed by atoms with Crippen molar-refractivity contribution in [3.8, 4) is 5.75 Å². The number of rotatable bonds is 5. The lowest BCUT2D eigenvalue weighted by Crippen LogP contribution is -2.41. The summed E-state index contributed by atoms with van der Waals surface area (Å²) in [6, 6.07) is 7.92. The Balaban J connectivity index is 1.91. The van der Waals surface area contributed by atoms with Gasteiger partial charge in [0.05, 0.1) is 13.0 Å². The molecule has 0 radical (unpaired) electrons. The van der Waals surface area contributed by atoms with Crippen LogP contribution in [0.1, 0.15) is 18.4 Å². The second-order valence-corrected chi connectivity index (χ2v) is 5.15. The molecule has 0 aliphatic carbocycles. The number of likely N-dealkylation sites (tertiary alicyclic amines) is 1. The Kier molecular flexibility index (Phi) is 5.18. The summed E-state index contributed by atoms with van der Waals surface area (Å²) in [7, 11) is 1.68. The summed E-state index contributed by atoms with van der Waals surface area (Å²) in [5.74, 6) is 0.698. The van der Waals surface area contributed by atoms with Crippen molar-refractivity contribution < 1.29 is 9.53 Å². The minimum Gasteiger partial charge on any atom is -0.496 e. The van der Waals surface area contributed by atoms with Crippen molar-refractivity contribution in [3.05, 3.63) is 35.9 Å². The summed E-state index contributed by atoms with van der Waals surface area (Å²) in [5.41, 5.74) is 6.45. The topological polar surface area (TPSA) is 55.6 Å². The lowest BCUT2D eigenvalue weighted by molar-refractivity contribution is -0.123. The van der Waals surface area contributed by atoms with Gasteiger partial charge in [-0.25, -0.2) is 0 Å². The SMILES string of the molecule is COc1ccccc1/C=C/CN1CCC[C@@H](C(N)=O)C1. The number of carbonyl (C=O) groups is 1. The summed E-state index contributed by atoms with van der Waals surface area (Å²) < 4.78 is 5.31. The van der Waals surface area contributed by atoms with E-state index >= 15 is 0 Å². The third-order valence-corrected chi connectivity index (χ3v) is 3.71. The molecule has 2 rings (SSSR count). The van der Waals surface area contributed by atoms with Crippen molar-refractivity contribution in [1.29, 1.82) is 0 Å². The van der Waals surface area contributed by atoms with Gasteiger partial charge in [-0.2, -0.15) is 0 Å². The third kappa shape index (κ3) is 3.84. The van der Waals surface area contributed by atoms with Crippen molar-refractivity contribution in [3.63, 3.8) is 0 Å². The highest BCUT2D eigenvalue weighted by Crippen LogP contribution is 2.19. The van der Waals surface area contributed by atoms with E-state index in [1.54, 1.807) is 7.11 Å². The zero-order chi connectivity index (χ0) is 14.4. The van der Waals surface area contributed by atoms with E-state index in [-0.39, 0.29) is 11.8 Å². The number of primary amides is 1. The average Bonchev–Trinajstić information content (AvgIpc) is 2.48. The highest BCUT2D eigenvalue weighted by molar-refractivity contribution is 5.76. The van der Waals surface area contributed by atoms with Crippen LogP contribution in [0.25, 0.3) is 6.08 Å². The van der Waals surface area contributed by atoms with Gasteiger partial charge in [0.2, 0.25) is 5.91 Å². The van der Waals surface area contributed by atoms with E-state index in [0.717, 1.165) is 43.8 Å². The lowest BCUT2D eigenvalue weighted by atomic mass is 9.97. The van der Waals surface area contributed by atoms with E-state index < -0.39 is 0 Å². The molecule has 1 aliphatic heterocycles. The smallest absolute Gasteiger partial charge is 0.221 e. The zero-order valence-corrected chi connectivity index (χ0v) is 11.9. The van der Waals surface area contributed by atoms with Crippen molar-refractivity contribution in [1.82, 2.24) is 4.90 Å². The van der Waals surface area contributed by atoms with Gasteiger partial charge in [0, 0.05) is 18.7 Å². The van der Waals surface area contributed by atoms with E-state index in [1.165, 1.54) is 0 Å². The van der Waals surface area contributed by atoms with Crippen molar-refractivity contribution >= 4 is 12.0 Å². The normalized spacial score (nSPS) is 20.1. The number of para-hydroxylation sites is 1. The number of hydrogen-bond acceptors (Lipinski definition) is 3. The molecule has 4 heteroatoms. The molecular weight excluding hydrogens is 252 g/mol. The number of piperidine rings is 1. The van der Waals surface area contributed by atoms with E-state index in [4.69, 9.17) is 10.5 Å². The molecule has 1 amide bonds. The van der Waals surface area contributed by atoms with Gasteiger partial charge in [-0.05, 0) is 25.5 Å². The van der Waals surface area contributed by atoms with Crippen molar-refractivity contribution in [2.45, 2.75) is 12.8 Å². The van der Waals surface area contributed by atoms with E-state index in [9.17, 15) is 4.79 Å². The number of ether oxygens (including phenoxy) is 1. The number of nitrogens with two attached hydrogens (primary N) is 1. The first kappa shape index (κ1) is 14.6. The summed E-state index contributed by atoms with van der Waals surface area (Å²) in [6.45, 7) is 2.63. The zero-order valence-electron chi connectivity index (χ0n) is 11.9. The maximum atomic E-state index is 11.2. The summed E-state index contributed by atoms with van der Waals surface area (Å²) in [4.78, 5) is 13.5.